The SMILES string of the molecule is O=C1C=C[C@H]2C=C(Br)C=C[C@H]2N1. The molecule has 1 aliphatic heterocycles. The van der Waals surface area contributed by atoms with Crippen LogP contribution in [0.5, 0.6) is 0 Å². The van der Waals surface area contributed by atoms with Crippen LogP contribution in [0.4, 0.5) is 0 Å². The maximum atomic E-state index is 10.9. The summed E-state index contributed by atoms with van der Waals surface area (Å²) in [5.41, 5.74) is 0. The quantitative estimate of drug-likeness (QED) is 0.666. The van der Waals surface area contributed by atoms with E-state index in [9.17, 15) is 4.79 Å². The summed E-state index contributed by atoms with van der Waals surface area (Å²) in [6, 6.07) is 0.142. The Kier molecular flexibility index (Phi) is 1.89. The number of hydrogen-bond acceptors (Lipinski definition) is 1. The Morgan fingerprint density at radius 1 is 1.33 bits per heavy atom. The van der Waals surface area contributed by atoms with Crippen molar-refractivity contribution in [2.75, 3.05) is 0 Å². The van der Waals surface area contributed by atoms with Crippen LogP contribution in [-0.2, 0) is 4.79 Å². The molecule has 0 saturated heterocycles. The van der Waals surface area contributed by atoms with Gasteiger partial charge in [-0.25, -0.2) is 0 Å². The van der Waals surface area contributed by atoms with Crippen LogP contribution in [0.2, 0.25) is 0 Å². The van der Waals surface area contributed by atoms with Crippen molar-refractivity contribution in [3.05, 3.63) is 34.9 Å². The topological polar surface area (TPSA) is 29.1 Å². The van der Waals surface area contributed by atoms with Crippen molar-refractivity contribution in [3.8, 4) is 0 Å². The third-order valence-electron chi connectivity index (χ3n) is 2.01. The second kappa shape index (κ2) is 2.90. The normalized spacial score (nSPS) is 32.4. The van der Waals surface area contributed by atoms with Crippen LogP contribution in [0.25, 0.3) is 0 Å². The van der Waals surface area contributed by atoms with Gasteiger partial charge in [-0.2, -0.15) is 0 Å². The van der Waals surface area contributed by atoms with Gasteiger partial charge in [0.2, 0.25) is 5.91 Å². The van der Waals surface area contributed by atoms with E-state index < -0.39 is 0 Å². The number of amides is 1. The first-order valence-corrected chi connectivity index (χ1v) is 4.59. The Hall–Kier alpha value is -0.830. The molecule has 0 unspecified atom stereocenters. The minimum atomic E-state index is -0.00711. The van der Waals surface area contributed by atoms with Crippen LogP contribution in [-0.4, -0.2) is 11.9 Å². The fourth-order valence-corrected chi connectivity index (χ4v) is 1.86. The summed E-state index contributed by atoms with van der Waals surface area (Å²) in [5.74, 6) is 0.300. The Labute approximate surface area is 79.2 Å². The lowest BCUT2D eigenvalue weighted by atomic mass is 9.92. The van der Waals surface area contributed by atoms with E-state index >= 15 is 0 Å². The summed E-state index contributed by atoms with van der Waals surface area (Å²) < 4.78 is 1.07. The lowest BCUT2D eigenvalue weighted by molar-refractivity contribution is -0.117. The summed E-state index contributed by atoms with van der Waals surface area (Å²) in [4.78, 5) is 10.9. The molecule has 0 saturated carbocycles. The second-order valence-corrected chi connectivity index (χ2v) is 3.80. The minimum Gasteiger partial charge on any atom is -0.345 e. The fraction of sp³-hybridized carbons (Fsp3) is 0.222. The summed E-state index contributed by atoms with van der Waals surface area (Å²) in [6.45, 7) is 0. The van der Waals surface area contributed by atoms with Crippen molar-refractivity contribution in [1.29, 1.82) is 0 Å². The average Bonchev–Trinajstić information content (AvgIpc) is 2.05. The van der Waals surface area contributed by atoms with E-state index in [0.717, 1.165) is 4.48 Å². The van der Waals surface area contributed by atoms with Gasteiger partial charge in [0.25, 0.3) is 0 Å². The first kappa shape index (κ1) is 7.80. The molecule has 1 aliphatic carbocycles. The molecule has 0 bridgehead atoms. The Morgan fingerprint density at radius 3 is 3.00 bits per heavy atom. The largest absolute Gasteiger partial charge is 0.345 e. The van der Waals surface area contributed by atoms with Crippen molar-refractivity contribution in [1.82, 2.24) is 5.32 Å². The van der Waals surface area contributed by atoms with Gasteiger partial charge in [-0.1, -0.05) is 40.2 Å². The Bertz CT molecular complexity index is 304. The number of fused-ring (bicyclic) bond motifs is 1. The van der Waals surface area contributed by atoms with Gasteiger partial charge in [0.05, 0.1) is 6.04 Å². The van der Waals surface area contributed by atoms with Crippen LogP contribution >= 0.6 is 15.9 Å². The molecular formula is C9H8BrNO. The molecule has 3 heteroatoms. The van der Waals surface area contributed by atoms with Gasteiger partial charge in [0.1, 0.15) is 0 Å². The minimum absolute atomic E-state index is 0.00711. The lowest BCUT2D eigenvalue weighted by Crippen LogP contribution is -2.40. The molecule has 1 N–H and O–H groups in total. The molecule has 2 rings (SSSR count). The molecule has 0 aromatic rings. The third kappa shape index (κ3) is 1.37. The van der Waals surface area contributed by atoms with E-state index in [2.05, 4.69) is 27.3 Å². The van der Waals surface area contributed by atoms with Crippen LogP contribution in [0.3, 0.4) is 0 Å². The maximum Gasteiger partial charge on any atom is 0.244 e. The van der Waals surface area contributed by atoms with Gasteiger partial charge in [-0.3, -0.25) is 4.79 Å². The number of nitrogens with one attached hydrogen (secondary N) is 1. The van der Waals surface area contributed by atoms with Gasteiger partial charge in [0.15, 0.2) is 0 Å². The third-order valence-corrected chi connectivity index (χ3v) is 2.54. The summed E-state index contributed by atoms with van der Waals surface area (Å²) in [6.07, 6.45) is 9.54. The zero-order valence-electron chi connectivity index (χ0n) is 6.33. The van der Waals surface area contributed by atoms with E-state index in [-0.39, 0.29) is 11.9 Å². The van der Waals surface area contributed by atoms with Crippen LogP contribution in [0, 0.1) is 5.92 Å². The molecule has 2 atom stereocenters. The van der Waals surface area contributed by atoms with E-state index in [0.29, 0.717) is 5.92 Å². The molecule has 12 heavy (non-hydrogen) atoms. The number of halogens is 1. The molecule has 1 amide bonds. The molecule has 0 aromatic heterocycles. The first-order chi connectivity index (χ1) is 5.75. The fourth-order valence-electron chi connectivity index (χ4n) is 1.40. The van der Waals surface area contributed by atoms with Crippen molar-refractivity contribution < 1.29 is 4.79 Å². The zero-order chi connectivity index (χ0) is 8.55. The summed E-state index contributed by atoms with van der Waals surface area (Å²) in [5, 5.41) is 2.86. The lowest BCUT2D eigenvalue weighted by Gasteiger charge is -2.26. The smallest absolute Gasteiger partial charge is 0.244 e. The van der Waals surface area contributed by atoms with E-state index in [1.54, 1.807) is 6.08 Å². The van der Waals surface area contributed by atoms with E-state index in [4.69, 9.17) is 0 Å². The molecule has 62 valence electrons. The standard InChI is InChI=1S/C9H8BrNO/c10-7-2-3-8-6(5-7)1-4-9(12)11-8/h1-6,8H,(H,11,12)/t6-,8+/m0/s1. The van der Waals surface area contributed by atoms with Gasteiger partial charge in [0, 0.05) is 10.4 Å². The van der Waals surface area contributed by atoms with Crippen molar-refractivity contribution in [2.24, 2.45) is 5.92 Å². The molecule has 2 aliphatic rings. The molecule has 0 fully saturated rings. The molecule has 0 aromatic carbocycles. The first-order valence-electron chi connectivity index (χ1n) is 3.80. The van der Waals surface area contributed by atoms with Crippen molar-refractivity contribution in [2.45, 2.75) is 6.04 Å². The van der Waals surface area contributed by atoms with Crippen LogP contribution in [0.1, 0.15) is 0 Å². The number of allylic oxidation sites excluding steroid dienone is 2. The predicted molar refractivity (Wildman–Crippen MR) is 50.7 cm³/mol. The average molecular weight is 226 g/mol. The highest BCUT2D eigenvalue weighted by Crippen LogP contribution is 2.23. The zero-order valence-corrected chi connectivity index (χ0v) is 7.91. The highest BCUT2D eigenvalue weighted by molar-refractivity contribution is 9.11. The van der Waals surface area contributed by atoms with Gasteiger partial charge < -0.3 is 5.32 Å². The number of hydrogen-bond donors (Lipinski definition) is 1. The van der Waals surface area contributed by atoms with Gasteiger partial charge in [-0.15, -0.1) is 0 Å². The predicted octanol–water partition coefficient (Wildman–Crippen LogP) is 1.51. The summed E-state index contributed by atoms with van der Waals surface area (Å²) >= 11 is 3.39. The van der Waals surface area contributed by atoms with E-state index in [1.165, 1.54) is 0 Å². The molecule has 0 spiro atoms. The molecule has 2 nitrogen and oxygen atoms in total. The molecule has 0 radical (unpaired) electrons. The van der Waals surface area contributed by atoms with Crippen molar-refractivity contribution >= 4 is 21.8 Å². The second-order valence-electron chi connectivity index (χ2n) is 2.88. The maximum absolute atomic E-state index is 10.9. The number of carbonyl (C=O) groups excluding carboxylic acids is 1. The van der Waals surface area contributed by atoms with Gasteiger partial charge >= 0.3 is 0 Å². The molecule has 1 heterocycles. The van der Waals surface area contributed by atoms with Crippen LogP contribution in [0.15, 0.2) is 34.9 Å². The van der Waals surface area contributed by atoms with E-state index in [1.807, 2.05) is 18.2 Å². The Balaban J connectivity index is 2.27. The highest BCUT2D eigenvalue weighted by Gasteiger charge is 2.22. The number of carbonyl (C=O) groups is 1. The molecular weight excluding hydrogens is 218 g/mol. The van der Waals surface area contributed by atoms with Gasteiger partial charge in [-0.05, 0) is 6.08 Å². The Morgan fingerprint density at radius 2 is 2.17 bits per heavy atom. The monoisotopic (exact) mass is 225 g/mol. The number of rotatable bonds is 0. The van der Waals surface area contributed by atoms with Crippen LogP contribution < -0.4 is 5.32 Å². The summed E-state index contributed by atoms with van der Waals surface area (Å²) in [7, 11) is 0. The highest BCUT2D eigenvalue weighted by atomic mass is 79.9. The van der Waals surface area contributed by atoms with Crippen molar-refractivity contribution in [3.63, 3.8) is 0 Å².